The molecule has 0 fully saturated rings. The third-order valence-corrected chi connectivity index (χ3v) is 4.32. The monoisotopic (exact) mass is 342 g/mol. The van der Waals surface area contributed by atoms with E-state index in [1.165, 1.54) is 0 Å². The number of aryl methyl sites for hydroxylation is 1. The number of benzene rings is 1. The van der Waals surface area contributed by atoms with Crippen molar-refractivity contribution < 1.29 is 0 Å². The predicted molar refractivity (Wildman–Crippen MR) is 95.0 cm³/mol. The first-order chi connectivity index (χ1) is 11.1. The van der Waals surface area contributed by atoms with Gasteiger partial charge in [0.15, 0.2) is 0 Å². The van der Waals surface area contributed by atoms with E-state index in [0.717, 1.165) is 33.5 Å². The fraction of sp³-hybridized carbons (Fsp3) is 0.0588. The second kappa shape index (κ2) is 5.41. The molecule has 1 aromatic carbocycles. The number of hydrogen-bond donors (Lipinski definition) is 1. The van der Waals surface area contributed by atoms with Crippen LogP contribution in [0.15, 0.2) is 48.9 Å². The number of imidazole rings is 1. The van der Waals surface area contributed by atoms with Gasteiger partial charge in [0.05, 0.1) is 28.1 Å². The second-order valence-corrected chi connectivity index (χ2v) is 6.10. The third-order valence-electron chi connectivity index (χ3n) is 3.80. The molecule has 3 aromatic heterocycles. The van der Waals surface area contributed by atoms with Crippen molar-refractivity contribution in [3.63, 3.8) is 0 Å². The average molecular weight is 343 g/mol. The lowest BCUT2D eigenvalue weighted by Gasteiger charge is -2.14. The summed E-state index contributed by atoms with van der Waals surface area (Å²) in [6, 6.07) is 11.6. The number of hydrogen-bond acceptors (Lipinski definition) is 3. The standard InChI is InChI=1S/C17H12Cl2N4/c1-10-3-2-4-12(18)16(10)21-13-7-11-5-6-15(19)22-17(11)23-9-20-8-14(13)23/h2-9,21H,1H3. The Balaban J connectivity index is 1.96. The predicted octanol–water partition coefficient (Wildman–Crippen LogP) is 5.24. The number of pyridine rings is 2. The molecule has 4 nitrogen and oxygen atoms in total. The van der Waals surface area contributed by atoms with Gasteiger partial charge in [-0.1, -0.05) is 35.3 Å². The lowest BCUT2D eigenvalue weighted by molar-refractivity contribution is 1.16. The van der Waals surface area contributed by atoms with Crippen LogP contribution in [0.5, 0.6) is 0 Å². The minimum atomic E-state index is 0.454. The molecule has 1 N–H and O–H groups in total. The van der Waals surface area contributed by atoms with Crippen LogP contribution in [0, 0.1) is 6.92 Å². The molecule has 6 heteroatoms. The van der Waals surface area contributed by atoms with Crippen molar-refractivity contribution in [3.8, 4) is 0 Å². The summed E-state index contributed by atoms with van der Waals surface area (Å²) in [6.07, 6.45) is 3.52. The molecular weight excluding hydrogens is 331 g/mol. The minimum Gasteiger partial charge on any atom is -0.352 e. The van der Waals surface area contributed by atoms with Crippen molar-refractivity contribution in [1.82, 2.24) is 14.4 Å². The molecule has 0 radical (unpaired) electrons. The molecule has 0 amide bonds. The Bertz CT molecular complexity index is 1020. The van der Waals surface area contributed by atoms with Gasteiger partial charge in [-0.3, -0.25) is 4.40 Å². The van der Waals surface area contributed by atoms with Crippen LogP contribution >= 0.6 is 23.2 Å². The first-order valence-electron chi connectivity index (χ1n) is 7.07. The van der Waals surface area contributed by atoms with E-state index in [-0.39, 0.29) is 0 Å². The second-order valence-electron chi connectivity index (χ2n) is 5.31. The number of nitrogens with zero attached hydrogens (tertiary/aromatic N) is 3. The summed E-state index contributed by atoms with van der Waals surface area (Å²) in [7, 11) is 0. The quantitative estimate of drug-likeness (QED) is 0.506. The highest BCUT2D eigenvalue weighted by atomic mass is 35.5. The van der Waals surface area contributed by atoms with Gasteiger partial charge in [0.25, 0.3) is 0 Å². The lowest BCUT2D eigenvalue weighted by atomic mass is 10.2. The SMILES string of the molecule is Cc1cccc(Cl)c1Nc1cc2ccc(Cl)nc2n2cncc12. The Morgan fingerprint density at radius 3 is 2.83 bits per heavy atom. The van der Waals surface area contributed by atoms with E-state index >= 15 is 0 Å². The number of para-hydroxylation sites is 1. The van der Waals surface area contributed by atoms with Crippen molar-refractivity contribution in [1.29, 1.82) is 0 Å². The van der Waals surface area contributed by atoms with E-state index < -0.39 is 0 Å². The highest BCUT2D eigenvalue weighted by Gasteiger charge is 2.11. The fourth-order valence-corrected chi connectivity index (χ4v) is 3.07. The molecule has 0 aliphatic rings. The molecule has 0 aliphatic carbocycles. The maximum atomic E-state index is 6.33. The number of anilines is 2. The van der Waals surface area contributed by atoms with Crippen LogP contribution in [-0.4, -0.2) is 14.4 Å². The summed E-state index contributed by atoms with van der Waals surface area (Å²) in [5.41, 5.74) is 4.55. The minimum absolute atomic E-state index is 0.454. The van der Waals surface area contributed by atoms with Crippen molar-refractivity contribution in [2.45, 2.75) is 6.92 Å². The fourth-order valence-electron chi connectivity index (χ4n) is 2.66. The molecule has 114 valence electrons. The normalized spacial score (nSPS) is 11.3. The van der Waals surface area contributed by atoms with Gasteiger partial charge in [0.1, 0.15) is 17.1 Å². The number of rotatable bonds is 2. The Labute approximate surface area is 142 Å². The first kappa shape index (κ1) is 14.3. The van der Waals surface area contributed by atoms with Gasteiger partial charge in [-0.25, -0.2) is 9.97 Å². The van der Waals surface area contributed by atoms with E-state index in [1.807, 2.05) is 41.7 Å². The van der Waals surface area contributed by atoms with Crippen molar-refractivity contribution in [2.75, 3.05) is 5.32 Å². The molecule has 0 spiro atoms. The van der Waals surface area contributed by atoms with Crippen LogP contribution in [0.3, 0.4) is 0 Å². The highest BCUT2D eigenvalue weighted by molar-refractivity contribution is 6.33. The number of halogens is 2. The van der Waals surface area contributed by atoms with Gasteiger partial charge in [-0.15, -0.1) is 0 Å². The smallest absolute Gasteiger partial charge is 0.147 e. The Hall–Kier alpha value is -2.30. The largest absolute Gasteiger partial charge is 0.352 e. The van der Waals surface area contributed by atoms with Gasteiger partial charge in [0.2, 0.25) is 0 Å². The summed E-state index contributed by atoms with van der Waals surface area (Å²) in [6.45, 7) is 2.02. The van der Waals surface area contributed by atoms with Crippen LogP contribution in [0.4, 0.5) is 11.4 Å². The molecule has 0 saturated carbocycles. The van der Waals surface area contributed by atoms with E-state index in [1.54, 1.807) is 18.6 Å². The molecule has 0 unspecified atom stereocenters. The van der Waals surface area contributed by atoms with Gasteiger partial charge in [0, 0.05) is 5.39 Å². The van der Waals surface area contributed by atoms with Gasteiger partial charge >= 0.3 is 0 Å². The summed E-state index contributed by atoms with van der Waals surface area (Å²) >= 11 is 12.3. The third kappa shape index (κ3) is 2.40. The molecule has 0 atom stereocenters. The van der Waals surface area contributed by atoms with Crippen LogP contribution in [0.25, 0.3) is 16.6 Å². The topological polar surface area (TPSA) is 42.2 Å². The first-order valence-corrected chi connectivity index (χ1v) is 7.82. The molecule has 3 heterocycles. The molecule has 4 rings (SSSR count). The van der Waals surface area contributed by atoms with Gasteiger partial charge in [-0.2, -0.15) is 0 Å². The zero-order valence-corrected chi connectivity index (χ0v) is 13.7. The number of fused-ring (bicyclic) bond motifs is 3. The van der Waals surface area contributed by atoms with E-state index in [2.05, 4.69) is 15.3 Å². The van der Waals surface area contributed by atoms with E-state index in [4.69, 9.17) is 23.2 Å². The number of nitrogens with one attached hydrogen (secondary N) is 1. The molecular formula is C17H12Cl2N4. The maximum Gasteiger partial charge on any atom is 0.147 e. The molecule has 0 aliphatic heterocycles. The molecule has 4 aromatic rings. The Kier molecular flexibility index (Phi) is 3.36. The molecule has 0 bridgehead atoms. The Morgan fingerprint density at radius 1 is 1.13 bits per heavy atom. The highest BCUT2D eigenvalue weighted by Crippen LogP contribution is 2.32. The summed E-state index contributed by atoms with van der Waals surface area (Å²) in [5.74, 6) is 0. The zero-order valence-electron chi connectivity index (χ0n) is 12.2. The van der Waals surface area contributed by atoms with Crippen molar-refractivity contribution in [3.05, 3.63) is 64.7 Å². The van der Waals surface area contributed by atoms with Gasteiger partial charge < -0.3 is 5.32 Å². The van der Waals surface area contributed by atoms with Crippen molar-refractivity contribution >= 4 is 51.1 Å². The zero-order chi connectivity index (χ0) is 16.0. The maximum absolute atomic E-state index is 6.33. The summed E-state index contributed by atoms with van der Waals surface area (Å²) < 4.78 is 1.91. The van der Waals surface area contributed by atoms with Crippen LogP contribution < -0.4 is 5.32 Å². The Morgan fingerprint density at radius 2 is 2.00 bits per heavy atom. The van der Waals surface area contributed by atoms with Crippen LogP contribution in [0.2, 0.25) is 10.2 Å². The van der Waals surface area contributed by atoms with Gasteiger partial charge in [-0.05, 0) is 36.8 Å². The number of aromatic nitrogens is 3. The van der Waals surface area contributed by atoms with Crippen LogP contribution in [-0.2, 0) is 0 Å². The lowest BCUT2D eigenvalue weighted by Crippen LogP contribution is -1.99. The van der Waals surface area contributed by atoms with E-state index in [0.29, 0.717) is 10.2 Å². The molecule has 23 heavy (non-hydrogen) atoms. The van der Waals surface area contributed by atoms with Crippen LogP contribution in [0.1, 0.15) is 5.56 Å². The molecule has 0 saturated heterocycles. The van der Waals surface area contributed by atoms with E-state index in [9.17, 15) is 0 Å². The summed E-state index contributed by atoms with van der Waals surface area (Å²) in [5, 5.41) is 5.52. The summed E-state index contributed by atoms with van der Waals surface area (Å²) in [4.78, 5) is 8.63. The van der Waals surface area contributed by atoms with Crippen molar-refractivity contribution in [2.24, 2.45) is 0 Å². The average Bonchev–Trinajstić information content (AvgIpc) is 3.01.